The molecule has 0 unspecified atom stereocenters. The first-order chi connectivity index (χ1) is 18.8. The van der Waals surface area contributed by atoms with E-state index < -0.39 is 5.76 Å². The fraction of sp³-hybridized carbons (Fsp3) is 0.704. The molecule has 2 atom stereocenters. The highest BCUT2D eigenvalue weighted by atomic mass is 16.5. The SMILES string of the molecule is C[C@@H]1CN(C)C(=O)CN1c1nc2nc(-c3noc(=O)[nH]3)nc(N[C@H](C)C3CCC3)c2n1C[C@H]1CC[C@H](C)CC1. The normalized spacial score (nSPS) is 25.2. The number of aromatic amines is 1. The zero-order valence-electron chi connectivity index (χ0n) is 23.3. The van der Waals surface area contributed by atoms with Crippen molar-refractivity contribution in [3.8, 4) is 11.6 Å². The molecule has 1 saturated heterocycles. The van der Waals surface area contributed by atoms with Gasteiger partial charge in [0.25, 0.3) is 0 Å². The fourth-order valence-corrected chi connectivity index (χ4v) is 6.28. The number of hydrogen-bond acceptors (Lipinski definition) is 9. The molecule has 1 amide bonds. The van der Waals surface area contributed by atoms with E-state index in [4.69, 9.17) is 19.5 Å². The summed E-state index contributed by atoms with van der Waals surface area (Å²) >= 11 is 0. The number of nitrogens with zero attached hydrogens (tertiary/aromatic N) is 7. The van der Waals surface area contributed by atoms with Crippen molar-refractivity contribution in [2.75, 3.05) is 30.4 Å². The van der Waals surface area contributed by atoms with Gasteiger partial charge in [0, 0.05) is 32.2 Å². The first-order valence-electron chi connectivity index (χ1n) is 14.4. The molecule has 1 aliphatic heterocycles. The Morgan fingerprint density at radius 1 is 1.08 bits per heavy atom. The van der Waals surface area contributed by atoms with E-state index in [0.29, 0.717) is 29.8 Å². The molecule has 6 rings (SSSR count). The van der Waals surface area contributed by atoms with Crippen LogP contribution in [0.15, 0.2) is 9.32 Å². The third kappa shape index (κ3) is 5.00. The summed E-state index contributed by atoms with van der Waals surface area (Å²) in [5, 5.41) is 7.51. The molecule has 210 valence electrons. The topological polar surface area (TPSA) is 138 Å². The van der Waals surface area contributed by atoms with Gasteiger partial charge in [0.2, 0.25) is 23.5 Å². The molecule has 3 aromatic heterocycles. The van der Waals surface area contributed by atoms with E-state index in [1.54, 1.807) is 4.90 Å². The van der Waals surface area contributed by atoms with E-state index in [2.05, 4.69) is 45.7 Å². The highest BCUT2D eigenvalue weighted by molar-refractivity contribution is 5.89. The molecule has 2 saturated carbocycles. The molecule has 0 spiro atoms. The zero-order chi connectivity index (χ0) is 27.3. The number of rotatable bonds is 7. The highest BCUT2D eigenvalue weighted by Crippen LogP contribution is 2.37. The fourth-order valence-electron chi connectivity index (χ4n) is 6.28. The van der Waals surface area contributed by atoms with E-state index in [1.165, 1.54) is 32.1 Å². The Labute approximate surface area is 227 Å². The van der Waals surface area contributed by atoms with Crippen molar-refractivity contribution in [1.29, 1.82) is 0 Å². The van der Waals surface area contributed by atoms with E-state index in [0.717, 1.165) is 36.8 Å². The maximum absolute atomic E-state index is 12.8. The lowest BCUT2D eigenvalue weighted by atomic mass is 9.80. The number of fused-ring (bicyclic) bond motifs is 1. The number of piperazine rings is 1. The van der Waals surface area contributed by atoms with Crippen molar-refractivity contribution < 1.29 is 9.32 Å². The molecule has 0 aromatic carbocycles. The van der Waals surface area contributed by atoms with E-state index in [1.807, 2.05) is 7.05 Å². The Kier molecular flexibility index (Phi) is 6.80. The maximum atomic E-state index is 12.8. The van der Waals surface area contributed by atoms with Crippen LogP contribution in [-0.2, 0) is 11.3 Å². The van der Waals surface area contributed by atoms with Gasteiger partial charge < -0.3 is 19.7 Å². The molecule has 4 heterocycles. The lowest BCUT2D eigenvalue weighted by Crippen LogP contribution is -2.54. The Bertz CT molecular complexity index is 1400. The molecule has 12 nitrogen and oxygen atoms in total. The molecule has 12 heteroatoms. The Morgan fingerprint density at radius 3 is 2.51 bits per heavy atom. The summed E-state index contributed by atoms with van der Waals surface area (Å²) in [7, 11) is 1.85. The summed E-state index contributed by atoms with van der Waals surface area (Å²) < 4.78 is 6.99. The van der Waals surface area contributed by atoms with Crippen molar-refractivity contribution in [2.24, 2.45) is 17.8 Å². The molecule has 0 bridgehead atoms. The van der Waals surface area contributed by atoms with Crippen LogP contribution in [0.5, 0.6) is 0 Å². The first kappa shape index (κ1) is 25.8. The number of carbonyl (C=O) groups excluding carboxylic acids is 1. The van der Waals surface area contributed by atoms with Crippen LogP contribution in [-0.4, -0.2) is 72.7 Å². The van der Waals surface area contributed by atoms with Crippen molar-refractivity contribution in [2.45, 2.75) is 84.3 Å². The standard InChI is InChI=1S/C27H39N9O3/c1-15-8-10-18(11-9-15)13-36-21-22(28-17(3)19-6-5-7-19)29-24(25-32-27(38)39-33-25)30-23(21)31-26(36)35-14-20(37)34(4)12-16(35)2/h15-19H,5-14H2,1-4H3,(H,28,29,30)(H,32,33,38)/t15-,16-,17-,18-/m1/s1. The van der Waals surface area contributed by atoms with Gasteiger partial charge in [-0.2, -0.15) is 4.98 Å². The van der Waals surface area contributed by atoms with Crippen LogP contribution in [0, 0.1) is 17.8 Å². The predicted molar refractivity (Wildman–Crippen MR) is 147 cm³/mol. The van der Waals surface area contributed by atoms with Crippen LogP contribution in [0.3, 0.4) is 0 Å². The summed E-state index contributed by atoms with van der Waals surface area (Å²) in [4.78, 5) is 45.6. The number of likely N-dealkylation sites (N-methyl/N-ethyl adjacent to an activating group) is 1. The second kappa shape index (κ2) is 10.3. The number of carbonyl (C=O) groups is 1. The summed E-state index contributed by atoms with van der Waals surface area (Å²) in [6.45, 7) is 8.34. The van der Waals surface area contributed by atoms with Gasteiger partial charge in [-0.25, -0.2) is 14.8 Å². The predicted octanol–water partition coefficient (Wildman–Crippen LogP) is 3.26. The number of aromatic nitrogens is 6. The maximum Gasteiger partial charge on any atom is 0.439 e. The molecule has 0 radical (unpaired) electrons. The van der Waals surface area contributed by atoms with Crippen LogP contribution in [0.2, 0.25) is 0 Å². The van der Waals surface area contributed by atoms with Gasteiger partial charge in [-0.15, -0.1) is 0 Å². The van der Waals surface area contributed by atoms with E-state index in [-0.39, 0.29) is 36.2 Å². The van der Waals surface area contributed by atoms with Crippen LogP contribution in [0.1, 0.15) is 65.7 Å². The number of amides is 1. The van der Waals surface area contributed by atoms with Gasteiger partial charge in [-0.1, -0.05) is 31.3 Å². The molecule has 39 heavy (non-hydrogen) atoms. The average molecular weight is 538 g/mol. The second-order valence-corrected chi connectivity index (χ2v) is 12.0. The smallest absolute Gasteiger partial charge is 0.365 e. The molecular weight excluding hydrogens is 498 g/mol. The number of anilines is 2. The monoisotopic (exact) mass is 537 g/mol. The summed E-state index contributed by atoms with van der Waals surface area (Å²) in [5.74, 6) is 3.10. The molecule has 2 N–H and O–H groups in total. The van der Waals surface area contributed by atoms with Gasteiger partial charge in [0.1, 0.15) is 12.1 Å². The minimum atomic E-state index is -0.659. The third-order valence-corrected chi connectivity index (χ3v) is 9.09. The van der Waals surface area contributed by atoms with Crippen LogP contribution in [0.25, 0.3) is 22.8 Å². The largest absolute Gasteiger partial charge is 0.439 e. The average Bonchev–Trinajstić information content (AvgIpc) is 3.45. The third-order valence-electron chi connectivity index (χ3n) is 9.09. The molecule has 3 aromatic rings. The summed E-state index contributed by atoms with van der Waals surface area (Å²) in [5.41, 5.74) is 1.35. The Hall–Kier alpha value is -3.44. The first-order valence-corrected chi connectivity index (χ1v) is 14.4. The Morgan fingerprint density at radius 2 is 1.85 bits per heavy atom. The minimum absolute atomic E-state index is 0.0714. The van der Waals surface area contributed by atoms with Crippen molar-refractivity contribution in [3.63, 3.8) is 0 Å². The van der Waals surface area contributed by atoms with Gasteiger partial charge in [0.15, 0.2) is 11.5 Å². The Balaban J connectivity index is 1.49. The number of H-pyrrole nitrogens is 1. The number of nitrogens with one attached hydrogen (secondary N) is 2. The second-order valence-electron chi connectivity index (χ2n) is 12.0. The van der Waals surface area contributed by atoms with E-state index >= 15 is 0 Å². The minimum Gasteiger partial charge on any atom is -0.365 e. The van der Waals surface area contributed by atoms with Gasteiger partial charge in [0.05, 0.1) is 0 Å². The quantitative estimate of drug-likeness (QED) is 0.465. The molecule has 2 aliphatic carbocycles. The van der Waals surface area contributed by atoms with Crippen molar-refractivity contribution >= 4 is 28.8 Å². The molecular formula is C27H39N9O3. The molecule has 3 aliphatic rings. The van der Waals surface area contributed by atoms with Crippen LogP contribution in [0.4, 0.5) is 11.8 Å². The number of hydrogen-bond donors (Lipinski definition) is 2. The van der Waals surface area contributed by atoms with Gasteiger partial charge in [-0.05, 0) is 57.3 Å². The zero-order valence-corrected chi connectivity index (χ0v) is 23.3. The van der Waals surface area contributed by atoms with Gasteiger partial charge >= 0.3 is 5.76 Å². The highest BCUT2D eigenvalue weighted by Gasteiger charge is 2.34. The summed E-state index contributed by atoms with van der Waals surface area (Å²) in [6, 6.07) is 0.312. The number of imidazole rings is 1. The lowest BCUT2D eigenvalue weighted by Gasteiger charge is -2.39. The van der Waals surface area contributed by atoms with Gasteiger partial charge in [-0.3, -0.25) is 14.3 Å². The van der Waals surface area contributed by atoms with Crippen LogP contribution < -0.4 is 16.0 Å². The van der Waals surface area contributed by atoms with E-state index in [9.17, 15) is 9.59 Å². The lowest BCUT2D eigenvalue weighted by molar-refractivity contribution is -0.130. The van der Waals surface area contributed by atoms with Crippen molar-refractivity contribution in [3.05, 3.63) is 10.6 Å². The van der Waals surface area contributed by atoms with Crippen molar-refractivity contribution in [1.82, 2.24) is 34.6 Å². The summed E-state index contributed by atoms with van der Waals surface area (Å²) in [6.07, 6.45) is 8.41. The van der Waals surface area contributed by atoms with Crippen LogP contribution >= 0.6 is 0 Å². The molecule has 3 fully saturated rings.